The molecule has 2 rings (SSSR count). The Kier molecular flexibility index (Phi) is 4.46. The molecule has 1 atom stereocenters. The number of nitrogens with zero attached hydrogens (tertiary/aromatic N) is 2. The summed E-state index contributed by atoms with van der Waals surface area (Å²) in [7, 11) is 0. The zero-order valence-corrected chi connectivity index (χ0v) is 13.4. The highest BCUT2D eigenvalue weighted by Crippen LogP contribution is 2.29. The van der Waals surface area contributed by atoms with Crippen LogP contribution in [0.4, 0.5) is 0 Å². The lowest BCUT2D eigenvalue weighted by Gasteiger charge is -2.28. The van der Waals surface area contributed by atoms with Crippen LogP contribution in [0.15, 0.2) is 42.7 Å². The summed E-state index contributed by atoms with van der Waals surface area (Å²) < 4.78 is 2.06. The minimum absolute atomic E-state index is 0.280. The van der Waals surface area contributed by atoms with Crippen LogP contribution in [0.2, 0.25) is 0 Å². The van der Waals surface area contributed by atoms with E-state index in [1.807, 2.05) is 12.3 Å². The molecule has 1 aromatic heterocycles. The molecule has 1 unspecified atom stereocenters. The van der Waals surface area contributed by atoms with E-state index >= 15 is 0 Å². The highest BCUT2D eigenvalue weighted by Gasteiger charge is 2.24. The molecule has 3 heteroatoms. The van der Waals surface area contributed by atoms with E-state index in [4.69, 9.17) is 0 Å². The fraction of sp³-hybridized carbons (Fsp3) is 0.438. The van der Waals surface area contributed by atoms with Gasteiger partial charge >= 0.3 is 0 Å². The van der Waals surface area contributed by atoms with Gasteiger partial charge in [-0.25, -0.2) is 0 Å². The topological polar surface area (TPSA) is 17.8 Å². The van der Waals surface area contributed by atoms with Crippen LogP contribution in [0.3, 0.4) is 0 Å². The molecule has 1 heterocycles. The zero-order valence-electron chi connectivity index (χ0n) is 11.8. The number of hydrogen-bond acceptors (Lipinski definition) is 1. The standard InChI is InChI=1S/C16H21BrN2/c1-16(2,3)15(9-17)12-19-11-14(10-18-19)13-7-5-4-6-8-13/h4-8,10-11,15H,9,12H2,1-3H3. The van der Waals surface area contributed by atoms with Gasteiger partial charge in [0.15, 0.2) is 0 Å². The van der Waals surface area contributed by atoms with Crippen molar-refractivity contribution in [1.29, 1.82) is 0 Å². The second kappa shape index (κ2) is 5.91. The lowest BCUT2D eigenvalue weighted by Crippen LogP contribution is -2.26. The minimum Gasteiger partial charge on any atom is -0.272 e. The van der Waals surface area contributed by atoms with Crippen molar-refractivity contribution in [3.63, 3.8) is 0 Å². The SMILES string of the molecule is CC(C)(C)C(CBr)Cn1cc(-c2ccccc2)cn1. The molecule has 0 spiro atoms. The van der Waals surface area contributed by atoms with Gasteiger partial charge in [0.25, 0.3) is 0 Å². The van der Waals surface area contributed by atoms with Crippen LogP contribution < -0.4 is 0 Å². The Hall–Kier alpha value is -1.09. The molecule has 0 saturated carbocycles. The normalized spacial score (nSPS) is 13.5. The van der Waals surface area contributed by atoms with E-state index < -0.39 is 0 Å². The smallest absolute Gasteiger partial charge is 0.0568 e. The van der Waals surface area contributed by atoms with Crippen LogP contribution in [0.25, 0.3) is 11.1 Å². The summed E-state index contributed by atoms with van der Waals surface area (Å²) in [5.74, 6) is 0.566. The molecule has 2 aromatic rings. The van der Waals surface area contributed by atoms with E-state index in [0.717, 1.165) is 11.9 Å². The molecule has 2 nitrogen and oxygen atoms in total. The summed E-state index contributed by atoms with van der Waals surface area (Å²) in [5.41, 5.74) is 2.69. The molecule has 0 aliphatic rings. The molecule has 0 aliphatic carbocycles. The lowest BCUT2D eigenvalue weighted by atomic mass is 9.82. The van der Waals surface area contributed by atoms with E-state index in [9.17, 15) is 0 Å². The number of aromatic nitrogens is 2. The highest BCUT2D eigenvalue weighted by atomic mass is 79.9. The monoisotopic (exact) mass is 320 g/mol. The van der Waals surface area contributed by atoms with Crippen molar-refractivity contribution in [1.82, 2.24) is 9.78 Å². The quantitative estimate of drug-likeness (QED) is 0.752. The fourth-order valence-electron chi connectivity index (χ4n) is 2.02. The Morgan fingerprint density at radius 1 is 1.16 bits per heavy atom. The summed E-state index contributed by atoms with van der Waals surface area (Å²) >= 11 is 3.62. The second-order valence-corrected chi connectivity index (χ2v) is 6.68. The first-order chi connectivity index (χ1) is 9.00. The first kappa shape index (κ1) is 14.3. The molecule has 0 amide bonds. The van der Waals surface area contributed by atoms with Crippen LogP contribution >= 0.6 is 15.9 Å². The Morgan fingerprint density at radius 3 is 2.42 bits per heavy atom. The molecular formula is C16H21BrN2. The number of rotatable bonds is 4. The zero-order chi connectivity index (χ0) is 13.9. The molecular weight excluding hydrogens is 300 g/mol. The summed E-state index contributed by atoms with van der Waals surface area (Å²) in [6.07, 6.45) is 4.08. The van der Waals surface area contributed by atoms with E-state index in [1.54, 1.807) is 0 Å². The van der Waals surface area contributed by atoms with E-state index in [-0.39, 0.29) is 5.41 Å². The van der Waals surface area contributed by atoms with Crippen molar-refractivity contribution in [2.24, 2.45) is 11.3 Å². The maximum atomic E-state index is 4.49. The highest BCUT2D eigenvalue weighted by molar-refractivity contribution is 9.09. The average Bonchev–Trinajstić information content (AvgIpc) is 2.84. The number of alkyl halides is 1. The van der Waals surface area contributed by atoms with Gasteiger partial charge < -0.3 is 0 Å². The van der Waals surface area contributed by atoms with Crippen LogP contribution in [0, 0.1) is 11.3 Å². The maximum Gasteiger partial charge on any atom is 0.0568 e. The molecule has 102 valence electrons. The van der Waals surface area contributed by atoms with Crippen molar-refractivity contribution in [2.45, 2.75) is 27.3 Å². The summed E-state index contributed by atoms with van der Waals surface area (Å²) in [6.45, 7) is 7.78. The lowest BCUT2D eigenvalue weighted by molar-refractivity contribution is 0.232. The molecule has 19 heavy (non-hydrogen) atoms. The van der Waals surface area contributed by atoms with Crippen LogP contribution in [-0.2, 0) is 6.54 Å². The number of hydrogen-bond donors (Lipinski definition) is 0. The second-order valence-electron chi connectivity index (χ2n) is 6.03. The first-order valence-electron chi connectivity index (χ1n) is 6.64. The molecule has 0 saturated heterocycles. The number of benzene rings is 1. The molecule has 0 bridgehead atoms. The van der Waals surface area contributed by atoms with Crippen molar-refractivity contribution >= 4 is 15.9 Å². The molecule has 0 aliphatic heterocycles. The van der Waals surface area contributed by atoms with Crippen molar-refractivity contribution in [2.75, 3.05) is 5.33 Å². The van der Waals surface area contributed by atoms with Gasteiger partial charge in [0.1, 0.15) is 0 Å². The van der Waals surface area contributed by atoms with E-state index in [0.29, 0.717) is 5.92 Å². The van der Waals surface area contributed by atoms with Crippen molar-refractivity contribution in [3.8, 4) is 11.1 Å². The van der Waals surface area contributed by atoms with Gasteiger partial charge in [0.05, 0.1) is 6.20 Å². The molecule has 0 N–H and O–H groups in total. The third-order valence-electron chi connectivity index (χ3n) is 3.56. The summed E-state index contributed by atoms with van der Waals surface area (Å²) in [5, 5.41) is 5.49. The van der Waals surface area contributed by atoms with Crippen molar-refractivity contribution < 1.29 is 0 Å². The Balaban J connectivity index is 2.14. The first-order valence-corrected chi connectivity index (χ1v) is 7.76. The van der Waals surface area contributed by atoms with Gasteiger partial charge in [0, 0.05) is 23.6 Å². The van der Waals surface area contributed by atoms with Crippen LogP contribution in [0.5, 0.6) is 0 Å². The van der Waals surface area contributed by atoms with Gasteiger partial charge in [-0.05, 0) is 16.9 Å². The Morgan fingerprint density at radius 2 is 1.84 bits per heavy atom. The van der Waals surface area contributed by atoms with Crippen molar-refractivity contribution in [3.05, 3.63) is 42.7 Å². The third-order valence-corrected chi connectivity index (χ3v) is 4.34. The Bertz CT molecular complexity index is 511. The van der Waals surface area contributed by atoms with E-state index in [2.05, 4.69) is 76.9 Å². The molecule has 0 radical (unpaired) electrons. The van der Waals surface area contributed by atoms with Gasteiger partial charge in [-0.2, -0.15) is 5.10 Å². The largest absolute Gasteiger partial charge is 0.272 e. The average molecular weight is 321 g/mol. The molecule has 0 fully saturated rings. The maximum absolute atomic E-state index is 4.49. The van der Waals surface area contributed by atoms with Gasteiger partial charge in [0.2, 0.25) is 0 Å². The van der Waals surface area contributed by atoms with Crippen LogP contribution in [0.1, 0.15) is 20.8 Å². The summed E-state index contributed by atoms with van der Waals surface area (Å²) in [4.78, 5) is 0. The van der Waals surface area contributed by atoms with Crippen LogP contribution in [-0.4, -0.2) is 15.1 Å². The third kappa shape index (κ3) is 3.69. The fourth-order valence-corrected chi connectivity index (χ4v) is 3.20. The molecule has 1 aromatic carbocycles. The van der Waals surface area contributed by atoms with Gasteiger partial charge in [-0.1, -0.05) is 67.0 Å². The summed E-state index contributed by atoms with van der Waals surface area (Å²) in [6, 6.07) is 10.4. The predicted molar refractivity (Wildman–Crippen MR) is 84.4 cm³/mol. The Labute approximate surface area is 124 Å². The van der Waals surface area contributed by atoms with E-state index in [1.165, 1.54) is 11.1 Å². The van der Waals surface area contributed by atoms with Gasteiger partial charge in [-0.3, -0.25) is 4.68 Å². The van der Waals surface area contributed by atoms with Gasteiger partial charge in [-0.15, -0.1) is 0 Å². The minimum atomic E-state index is 0.280. The number of halogens is 1. The predicted octanol–water partition coefficient (Wildman–Crippen LogP) is 4.61.